The van der Waals surface area contributed by atoms with Gasteiger partial charge in [0.25, 0.3) is 0 Å². The molecule has 2 rings (SSSR count). The van der Waals surface area contributed by atoms with Crippen LogP contribution in [0.25, 0.3) is 0 Å². The van der Waals surface area contributed by atoms with Gasteiger partial charge in [0.05, 0.1) is 5.41 Å². The molecule has 1 heterocycles. The third kappa shape index (κ3) is 2.82. The Morgan fingerprint density at radius 1 is 1.35 bits per heavy atom. The maximum atomic E-state index is 12.7. The normalized spacial score (nSPS) is 34.0. The van der Waals surface area contributed by atoms with Crippen LogP contribution in [0.15, 0.2) is 0 Å². The average Bonchev–Trinajstić information content (AvgIpc) is 2.89. The third-order valence-corrected chi connectivity index (χ3v) is 5.09. The lowest BCUT2D eigenvalue weighted by atomic mass is 9.78. The van der Waals surface area contributed by atoms with Crippen molar-refractivity contribution in [2.45, 2.75) is 39.0 Å². The van der Waals surface area contributed by atoms with Crippen molar-refractivity contribution in [3.8, 4) is 0 Å². The summed E-state index contributed by atoms with van der Waals surface area (Å²) >= 11 is 0. The van der Waals surface area contributed by atoms with Gasteiger partial charge < -0.3 is 16.0 Å². The topological polar surface area (TPSA) is 75.4 Å². The lowest BCUT2D eigenvalue weighted by Gasteiger charge is -2.33. The van der Waals surface area contributed by atoms with Gasteiger partial charge in [-0.3, -0.25) is 9.59 Å². The molecule has 0 radical (unpaired) electrons. The molecule has 0 aromatic heterocycles. The summed E-state index contributed by atoms with van der Waals surface area (Å²) in [6.07, 6.45) is 5.06. The van der Waals surface area contributed by atoms with Crippen LogP contribution < -0.4 is 11.1 Å². The maximum Gasteiger partial charge on any atom is 0.227 e. The number of hydrogen-bond acceptors (Lipinski definition) is 3. The average molecular weight is 281 g/mol. The van der Waals surface area contributed by atoms with Crippen molar-refractivity contribution in [3.63, 3.8) is 0 Å². The van der Waals surface area contributed by atoms with Crippen molar-refractivity contribution >= 4 is 11.8 Å². The Bertz CT molecular complexity index is 385. The summed E-state index contributed by atoms with van der Waals surface area (Å²) in [6, 6.07) is 0. The van der Waals surface area contributed by atoms with Crippen molar-refractivity contribution in [1.82, 2.24) is 10.2 Å². The zero-order valence-electron chi connectivity index (χ0n) is 12.7. The van der Waals surface area contributed by atoms with Gasteiger partial charge in [0.15, 0.2) is 0 Å². The highest BCUT2D eigenvalue weighted by atomic mass is 16.2. The monoisotopic (exact) mass is 281 g/mol. The van der Waals surface area contributed by atoms with E-state index in [2.05, 4.69) is 5.32 Å². The highest BCUT2D eigenvalue weighted by Gasteiger charge is 2.43. The van der Waals surface area contributed by atoms with Crippen molar-refractivity contribution in [2.24, 2.45) is 23.0 Å². The first kappa shape index (κ1) is 15.3. The van der Waals surface area contributed by atoms with Crippen LogP contribution in [0, 0.1) is 17.3 Å². The Hall–Kier alpha value is -1.10. The second-order valence-electron chi connectivity index (χ2n) is 6.54. The van der Waals surface area contributed by atoms with Gasteiger partial charge in [-0.05, 0) is 38.6 Å². The molecular weight excluding hydrogens is 254 g/mol. The number of hydrogen-bond donors (Lipinski definition) is 2. The van der Waals surface area contributed by atoms with Crippen LogP contribution in [0.1, 0.15) is 39.0 Å². The van der Waals surface area contributed by atoms with E-state index >= 15 is 0 Å². The minimum absolute atomic E-state index is 0.0341. The SMILES string of the molecule is CNC(=O)C1(C)CCN(C(=O)C2CCCCC2CN)C1. The highest BCUT2D eigenvalue weighted by Crippen LogP contribution is 2.35. The second-order valence-corrected chi connectivity index (χ2v) is 6.54. The number of carbonyl (C=O) groups is 2. The molecule has 1 aliphatic heterocycles. The van der Waals surface area contributed by atoms with E-state index in [9.17, 15) is 9.59 Å². The molecule has 114 valence electrons. The first-order valence-electron chi connectivity index (χ1n) is 7.73. The van der Waals surface area contributed by atoms with E-state index in [0.29, 0.717) is 25.6 Å². The van der Waals surface area contributed by atoms with Gasteiger partial charge in [-0.25, -0.2) is 0 Å². The predicted octanol–water partition coefficient (Wildman–Crippen LogP) is 0.736. The standard InChI is InChI=1S/C15H27N3O2/c1-15(14(20)17-2)7-8-18(10-15)13(19)12-6-4-3-5-11(12)9-16/h11-12H,3-10,16H2,1-2H3,(H,17,20). The molecule has 2 amide bonds. The van der Waals surface area contributed by atoms with Crippen molar-refractivity contribution in [1.29, 1.82) is 0 Å². The molecule has 1 aliphatic carbocycles. The molecular formula is C15H27N3O2. The van der Waals surface area contributed by atoms with E-state index in [4.69, 9.17) is 5.73 Å². The summed E-state index contributed by atoms with van der Waals surface area (Å²) in [7, 11) is 1.66. The minimum atomic E-state index is -0.433. The molecule has 3 atom stereocenters. The van der Waals surface area contributed by atoms with E-state index in [1.807, 2.05) is 11.8 Å². The molecule has 3 unspecified atom stereocenters. The largest absolute Gasteiger partial charge is 0.359 e. The van der Waals surface area contributed by atoms with Crippen molar-refractivity contribution in [3.05, 3.63) is 0 Å². The van der Waals surface area contributed by atoms with Gasteiger partial charge in [0.2, 0.25) is 11.8 Å². The summed E-state index contributed by atoms with van der Waals surface area (Å²) in [5.41, 5.74) is 5.39. The fourth-order valence-corrected chi connectivity index (χ4v) is 3.69. The van der Waals surface area contributed by atoms with Gasteiger partial charge in [0.1, 0.15) is 0 Å². The molecule has 1 saturated heterocycles. The summed E-state index contributed by atoms with van der Waals surface area (Å²) in [5, 5.41) is 2.71. The van der Waals surface area contributed by atoms with Crippen molar-refractivity contribution < 1.29 is 9.59 Å². The molecule has 0 aromatic carbocycles. The number of amides is 2. The van der Waals surface area contributed by atoms with E-state index in [-0.39, 0.29) is 17.7 Å². The molecule has 2 aliphatic rings. The lowest BCUT2D eigenvalue weighted by molar-refractivity contribution is -0.138. The lowest BCUT2D eigenvalue weighted by Crippen LogP contribution is -2.44. The second kappa shape index (κ2) is 6.12. The number of nitrogens with one attached hydrogen (secondary N) is 1. The zero-order chi connectivity index (χ0) is 14.8. The molecule has 0 spiro atoms. The molecule has 0 bridgehead atoms. The molecule has 2 fully saturated rings. The highest BCUT2D eigenvalue weighted by molar-refractivity contribution is 5.85. The zero-order valence-corrected chi connectivity index (χ0v) is 12.7. The van der Waals surface area contributed by atoms with Gasteiger partial charge in [-0.1, -0.05) is 12.8 Å². The van der Waals surface area contributed by atoms with Gasteiger partial charge in [0, 0.05) is 26.1 Å². The van der Waals surface area contributed by atoms with Crippen LogP contribution in [0.4, 0.5) is 0 Å². The van der Waals surface area contributed by atoms with Gasteiger partial charge in [-0.2, -0.15) is 0 Å². The third-order valence-electron chi connectivity index (χ3n) is 5.09. The first-order chi connectivity index (χ1) is 9.51. The van der Waals surface area contributed by atoms with E-state index in [0.717, 1.165) is 25.7 Å². The summed E-state index contributed by atoms with van der Waals surface area (Å²) in [6.45, 7) is 3.77. The van der Waals surface area contributed by atoms with Crippen LogP contribution in [-0.4, -0.2) is 43.4 Å². The van der Waals surface area contributed by atoms with Crippen molar-refractivity contribution in [2.75, 3.05) is 26.7 Å². The molecule has 5 heteroatoms. The summed E-state index contributed by atoms with van der Waals surface area (Å²) in [5.74, 6) is 0.642. The van der Waals surface area contributed by atoms with Crippen LogP contribution in [0.3, 0.4) is 0 Å². The number of nitrogens with zero attached hydrogens (tertiary/aromatic N) is 1. The van der Waals surface area contributed by atoms with E-state index < -0.39 is 5.41 Å². The quantitative estimate of drug-likeness (QED) is 0.801. The number of likely N-dealkylation sites (tertiary alicyclic amines) is 1. The maximum absolute atomic E-state index is 12.7. The first-order valence-corrected chi connectivity index (χ1v) is 7.73. The van der Waals surface area contributed by atoms with Gasteiger partial charge >= 0.3 is 0 Å². The minimum Gasteiger partial charge on any atom is -0.359 e. The smallest absolute Gasteiger partial charge is 0.227 e. The fourth-order valence-electron chi connectivity index (χ4n) is 3.69. The summed E-state index contributed by atoms with van der Waals surface area (Å²) < 4.78 is 0. The molecule has 0 aromatic rings. The number of carbonyl (C=O) groups excluding carboxylic acids is 2. The Morgan fingerprint density at radius 2 is 2.05 bits per heavy atom. The Labute approximate surface area is 121 Å². The molecule has 1 saturated carbocycles. The number of nitrogens with two attached hydrogens (primary N) is 1. The van der Waals surface area contributed by atoms with E-state index in [1.165, 1.54) is 6.42 Å². The van der Waals surface area contributed by atoms with Crippen LogP contribution >= 0.6 is 0 Å². The Morgan fingerprint density at radius 3 is 2.70 bits per heavy atom. The van der Waals surface area contributed by atoms with E-state index in [1.54, 1.807) is 7.05 Å². The van der Waals surface area contributed by atoms with Crippen LogP contribution in [0.2, 0.25) is 0 Å². The fraction of sp³-hybridized carbons (Fsp3) is 0.867. The predicted molar refractivity (Wildman–Crippen MR) is 77.9 cm³/mol. The Kier molecular flexibility index (Phi) is 4.68. The Balaban J connectivity index is 2.02. The van der Waals surface area contributed by atoms with Gasteiger partial charge in [-0.15, -0.1) is 0 Å². The summed E-state index contributed by atoms with van der Waals surface area (Å²) in [4.78, 5) is 26.5. The molecule has 20 heavy (non-hydrogen) atoms. The molecule has 3 N–H and O–H groups in total. The van der Waals surface area contributed by atoms with Crippen LogP contribution in [-0.2, 0) is 9.59 Å². The molecule has 5 nitrogen and oxygen atoms in total. The number of rotatable bonds is 3. The van der Waals surface area contributed by atoms with Crippen LogP contribution in [0.5, 0.6) is 0 Å².